The van der Waals surface area contributed by atoms with Gasteiger partial charge in [0.1, 0.15) is 0 Å². The van der Waals surface area contributed by atoms with Crippen LogP contribution in [-0.4, -0.2) is 18.8 Å². The van der Waals surface area contributed by atoms with Crippen LogP contribution in [0.25, 0.3) is 0 Å². The minimum absolute atomic E-state index is 0.0791. The molecule has 0 aromatic heterocycles. The smallest absolute Gasteiger partial charge is 0.0642 e. The average Bonchev–Trinajstić information content (AvgIpc) is 2.23. The average molecular weight is 347 g/mol. The monoisotopic (exact) mass is 347 g/mol. The van der Waals surface area contributed by atoms with E-state index in [0.29, 0.717) is 6.04 Å². The lowest BCUT2D eigenvalue weighted by Gasteiger charge is -2.27. The normalized spacial score (nSPS) is 13.5. The topological polar surface area (TPSA) is 21.3 Å². The van der Waals surface area contributed by atoms with E-state index in [9.17, 15) is 0 Å². The zero-order chi connectivity index (χ0) is 13.1. The van der Waals surface area contributed by atoms with E-state index >= 15 is 0 Å². The third-order valence-corrected chi connectivity index (χ3v) is 4.10. The van der Waals surface area contributed by atoms with Crippen molar-refractivity contribution in [1.29, 1.82) is 0 Å². The molecule has 1 aromatic carbocycles. The zero-order valence-electron chi connectivity index (χ0n) is 11.3. The molecule has 1 rings (SSSR count). The van der Waals surface area contributed by atoms with E-state index in [1.807, 2.05) is 0 Å². The summed E-state index contributed by atoms with van der Waals surface area (Å²) in [6.45, 7) is 8.55. The van der Waals surface area contributed by atoms with Gasteiger partial charge in [0.05, 0.1) is 5.60 Å². The van der Waals surface area contributed by atoms with Crippen molar-refractivity contribution in [2.75, 3.05) is 12.4 Å². The number of anilines is 1. The van der Waals surface area contributed by atoms with Crippen LogP contribution in [0.1, 0.15) is 32.8 Å². The van der Waals surface area contributed by atoms with Crippen LogP contribution in [0.3, 0.4) is 0 Å². The molecule has 0 bridgehead atoms. The molecule has 0 aliphatic heterocycles. The highest BCUT2D eigenvalue weighted by atomic mass is 127. The van der Waals surface area contributed by atoms with E-state index in [2.05, 4.69) is 73.8 Å². The van der Waals surface area contributed by atoms with Crippen molar-refractivity contribution in [3.05, 3.63) is 27.3 Å². The van der Waals surface area contributed by atoms with Gasteiger partial charge in [0, 0.05) is 22.4 Å². The minimum Gasteiger partial charge on any atom is -0.382 e. The number of hydrogen-bond acceptors (Lipinski definition) is 2. The van der Waals surface area contributed by atoms with Crippen molar-refractivity contribution in [1.82, 2.24) is 0 Å². The number of ether oxygens (including phenoxy) is 1. The first-order chi connectivity index (χ1) is 7.84. The maximum Gasteiger partial charge on any atom is 0.0642 e. The molecule has 1 atom stereocenters. The summed E-state index contributed by atoms with van der Waals surface area (Å²) in [4.78, 5) is 0. The Hall–Kier alpha value is -0.290. The molecule has 17 heavy (non-hydrogen) atoms. The van der Waals surface area contributed by atoms with Gasteiger partial charge in [0.2, 0.25) is 0 Å². The fraction of sp³-hybridized carbons (Fsp3) is 0.571. The van der Waals surface area contributed by atoms with E-state index < -0.39 is 0 Å². The molecule has 1 aromatic rings. The van der Waals surface area contributed by atoms with Crippen molar-refractivity contribution >= 4 is 28.3 Å². The fourth-order valence-electron chi connectivity index (χ4n) is 1.84. The zero-order valence-corrected chi connectivity index (χ0v) is 13.5. The fourth-order valence-corrected chi connectivity index (χ4v) is 2.35. The standard InChI is InChI=1S/C14H22INO/c1-10-6-7-12(8-13(10)15)16-11(2)9-14(3,4)17-5/h6-8,11,16H,9H2,1-5H3. The van der Waals surface area contributed by atoms with Gasteiger partial charge in [0.15, 0.2) is 0 Å². The molecule has 0 heterocycles. The summed E-state index contributed by atoms with van der Waals surface area (Å²) in [6, 6.07) is 6.86. The number of methoxy groups -OCH3 is 1. The van der Waals surface area contributed by atoms with Gasteiger partial charge in [-0.15, -0.1) is 0 Å². The van der Waals surface area contributed by atoms with E-state index in [0.717, 1.165) is 6.42 Å². The summed E-state index contributed by atoms with van der Waals surface area (Å²) in [7, 11) is 1.77. The van der Waals surface area contributed by atoms with Crippen molar-refractivity contribution in [2.45, 2.75) is 45.8 Å². The molecule has 3 heteroatoms. The Bertz CT molecular complexity index is 376. The van der Waals surface area contributed by atoms with Crippen LogP contribution in [0.5, 0.6) is 0 Å². The Morgan fingerprint density at radius 1 is 1.41 bits per heavy atom. The van der Waals surface area contributed by atoms with Crippen LogP contribution in [0, 0.1) is 10.5 Å². The molecule has 1 N–H and O–H groups in total. The van der Waals surface area contributed by atoms with E-state index in [1.54, 1.807) is 7.11 Å². The molecular weight excluding hydrogens is 325 g/mol. The number of halogens is 1. The van der Waals surface area contributed by atoms with Gasteiger partial charge in [0.25, 0.3) is 0 Å². The third kappa shape index (κ3) is 4.84. The van der Waals surface area contributed by atoms with E-state index in [1.165, 1.54) is 14.8 Å². The summed E-state index contributed by atoms with van der Waals surface area (Å²) in [5, 5.41) is 3.52. The predicted molar refractivity (Wildman–Crippen MR) is 82.7 cm³/mol. The molecule has 2 nitrogen and oxygen atoms in total. The number of nitrogens with one attached hydrogen (secondary N) is 1. The van der Waals surface area contributed by atoms with Crippen LogP contribution >= 0.6 is 22.6 Å². The van der Waals surface area contributed by atoms with Crippen LogP contribution in [0.15, 0.2) is 18.2 Å². The maximum atomic E-state index is 5.45. The largest absolute Gasteiger partial charge is 0.382 e. The molecule has 0 fully saturated rings. The molecular formula is C14H22INO. The molecule has 96 valence electrons. The second-order valence-corrected chi connectivity index (χ2v) is 6.34. The summed E-state index contributed by atoms with van der Waals surface area (Å²) < 4.78 is 6.74. The lowest BCUT2D eigenvalue weighted by atomic mass is 9.99. The van der Waals surface area contributed by atoms with Crippen molar-refractivity contribution in [3.63, 3.8) is 0 Å². The second kappa shape index (κ2) is 6.05. The minimum atomic E-state index is -0.0791. The lowest BCUT2D eigenvalue weighted by Crippen LogP contribution is -2.31. The van der Waals surface area contributed by atoms with E-state index in [4.69, 9.17) is 4.74 Å². The molecule has 0 radical (unpaired) electrons. The number of benzene rings is 1. The summed E-state index contributed by atoms with van der Waals surface area (Å²) >= 11 is 2.37. The van der Waals surface area contributed by atoms with Gasteiger partial charge >= 0.3 is 0 Å². The molecule has 0 spiro atoms. The van der Waals surface area contributed by atoms with Gasteiger partial charge in [-0.2, -0.15) is 0 Å². The Morgan fingerprint density at radius 3 is 2.59 bits per heavy atom. The van der Waals surface area contributed by atoms with Gasteiger partial charge in [-0.3, -0.25) is 0 Å². The Morgan fingerprint density at radius 2 is 2.06 bits per heavy atom. The van der Waals surface area contributed by atoms with Crippen LogP contribution < -0.4 is 5.32 Å². The Labute approximate surface area is 118 Å². The molecule has 0 amide bonds. The van der Waals surface area contributed by atoms with Gasteiger partial charge in [-0.1, -0.05) is 6.07 Å². The highest BCUT2D eigenvalue weighted by Gasteiger charge is 2.19. The summed E-state index contributed by atoms with van der Waals surface area (Å²) in [6.07, 6.45) is 0.980. The molecule has 0 saturated heterocycles. The SMILES string of the molecule is COC(C)(C)CC(C)Nc1ccc(C)c(I)c1. The van der Waals surface area contributed by atoms with Crippen LogP contribution in [0.4, 0.5) is 5.69 Å². The van der Waals surface area contributed by atoms with Gasteiger partial charge in [-0.05, 0) is 74.4 Å². The lowest BCUT2D eigenvalue weighted by molar-refractivity contribution is 0.0128. The Balaban J connectivity index is 2.62. The number of hydrogen-bond donors (Lipinski definition) is 1. The van der Waals surface area contributed by atoms with Gasteiger partial charge in [-0.25, -0.2) is 0 Å². The highest BCUT2D eigenvalue weighted by Crippen LogP contribution is 2.21. The highest BCUT2D eigenvalue weighted by molar-refractivity contribution is 14.1. The Kier molecular flexibility index (Phi) is 5.25. The molecule has 0 aliphatic carbocycles. The van der Waals surface area contributed by atoms with Crippen molar-refractivity contribution < 1.29 is 4.74 Å². The van der Waals surface area contributed by atoms with Crippen LogP contribution in [0.2, 0.25) is 0 Å². The first-order valence-corrected chi connectivity index (χ1v) is 7.00. The number of rotatable bonds is 5. The summed E-state index contributed by atoms with van der Waals surface area (Å²) in [5.41, 5.74) is 2.42. The predicted octanol–water partition coefficient (Wildman–Crippen LogP) is 4.22. The molecule has 0 saturated carbocycles. The first kappa shape index (κ1) is 14.8. The first-order valence-electron chi connectivity index (χ1n) is 5.92. The molecule has 0 aliphatic rings. The number of aryl methyl sites for hydroxylation is 1. The van der Waals surface area contributed by atoms with E-state index in [-0.39, 0.29) is 5.60 Å². The van der Waals surface area contributed by atoms with Crippen LogP contribution in [-0.2, 0) is 4.74 Å². The van der Waals surface area contributed by atoms with Gasteiger partial charge < -0.3 is 10.1 Å². The molecule has 1 unspecified atom stereocenters. The van der Waals surface area contributed by atoms with Crippen molar-refractivity contribution in [2.24, 2.45) is 0 Å². The maximum absolute atomic E-state index is 5.45. The third-order valence-electron chi connectivity index (χ3n) is 2.94. The van der Waals surface area contributed by atoms with Crippen molar-refractivity contribution in [3.8, 4) is 0 Å². The quantitative estimate of drug-likeness (QED) is 0.806. The summed E-state index contributed by atoms with van der Waals surface area (Å²) in [5.74, 6) is 0. The second-order valence-electron chi connectivity index (χ2n) is 5.18.